The van der Waals surface area contributed by atoms with E-state index in [-0.39, 0.29) is 6.10 Å². The number of fused-ring (bicyclic) bond motifs is 1. The lowest BCUT2D eigenvalue weighted by atomic mass is 10.1. The molecule has 0 amide bonds. The van der Waals surface area contributed by atoms with Crippen molar-refractivity contribution in [3.63, 3.8) is 0 Å². The van der Waals surface area contributed by atoms with E-state index < -0.39 is 0 Å². The second-order valence-electron chi connectivity index (χ2n) is 7.14. The summed E-state index contributed by atoms with van der Waals surface area (Å²) in [5.74, 6) is 2.43. The fourth-order valence-corrected chi connectivity index (χ4v) is 4.78. The molecule has 1 aliphatic rings. The molecule has 0 radical (unpaired) electrons. The average Bonchev–Trinajstić information content (AvgIpc) is 3.51. The molecule has 1 aromatic carbocycles. The third-order valence-corrected chi connectivity index (χ3v) is 6.63. The average molecular weight is 429 g/mol. The van der Waals surface area contributed by atoms with Crippen molar-refractivity contribution in [3.8, 4) is 11.4 Å². The summed E-state index contributed by atoms with van der Waals surface area (Å²) >= 11 is 7.74. The molecule has 1 saturated heterocycles. The maximum Gasteiger partial charge on any atom is 0.192 e. The predicted molar refractivity (Wildman–Crippen MR) is 114 cm³/mol. The van der Waals surface area contributed by atoms with Crippen LogP contribution in [0.25, 0.3) is 22.3 Å². The summed E-state index contributed by atoms with van der Waals surface area (Å²) in [6.45, 7) is 1.56. The molecule has 1 fully saturated rings. The van der Waals surface area contributed by atoms with Gasteiger partial charge in [-0.15, -0.1) is 10.2 Å². The Hall–Kier alpha value is -2.29. The highest BCUT2D eigenvalue weighted by atomic mass is 35.5. The van der Waals surface area contributed by atoms with Crippen molar-refractivity contribution in [2.75, 3.05) is 6.61 Å². The molecule has 1 unspecified atom stereocenters. The van der Waals surface area contributed by atoms with Gasteiger partial charge in [0.25, 0.3) is 0 Å². The van der Waals surface area contributed by atoms with Gasteiger partial charge in [-0.05, 0) is 18.9 Å². The van der Waals surface area contributed by atoms with Crippen LogP contribution < -0.4 is 0 Å². The largest absolute Gasteiger partial charge is 0.376 e. The quantitative estimate of drug-likeness (QED) is 0.464. The fraction of sp³-hybridized carbons (Fsp3) is 0.350. The van der Waals surface area contributed by atoms with Crippen LogP contribution >= 0.6 is 23.4 Å². The van der Waals surface area contributed by atoms with Gasteiger partial charge >= 0.3 is 0 Å². The minimum Gasteiger partial charge on any atom is -0.376 e. The van der Waals surface area contributed by atoms with Crippen molar-refractivity contribution in [3.05, 3.63) is 47.6 Å². The van der Waals surface area contributed by atoms with Gasteiger partial charge in [0.15, 0.2) is 11.0 Å². The number of aromatic nitrogens is 6. The van der Waals surface area contributed by atoms with E-state index in [0.29, 0.717) is 10.9 Å². The molecule has 1 aliphatic heterocycles. The highest BCUT2D eigenvalue weighted by Crippen LogP contribution is 2.32. The molecule has 9 heteroatoms. The van der Waals surface area contributed by atoms with E-state index >= 15 is 0 Å². The highest BCUT2D eigenvalue weighted by molar-refractivity contribution is 7.98. The van der Waals surface area contributed by atoms with Gasteiger partial charge < -0.3 is 14.3 Å². The number of imidazole rings is 1. The third kappa shape index (κ3) is 3.56. The van der Waals surface area contributed by atoms with Gasteiger partial charge in [-0.2, -0.15) is 0 Å². The van der Waals surface area contributed by atoms with Crippen LogP contribution in [0.15, 0.2) is 41.8 Å². The van der Waals surface area contributed by atoms with E-state index in [2.05, 4.69) is 36.9 Å². The van der Waals surface area contributed by atoms with E-state index in [9.17, 15) is 0 Å². The lowest BCUT2D eigenvalue weighted by Crippen LogP contribution is -2.16. The zero-order valence-corrected chi connectivity index (χ0v) is 17.6. The number of aromatic amines is 1. The standard InChI is InChI=1S/C20H21ClN6OS/c1-26-17(21)10-23-18(26)12-29-20-25-24-19(27(20)11-13-5-4-8-28-13)15-9-22-16-7-3-2-6-14(15)16/h2-3,6-7,9-10,13,22H,4-5,8,11-12H2,1H3. The SMILES string of the molecule is Cn1c(Cl)cnc1CSc1nnc(-c2c[nH]c3ccccc23)n1CC1CCCO1. The van der Waals surface area contributed by atoms with Crippen LogP contribution in [0.3, 0.4) is 0 Å². The second-order valence-corrected chi connectivity index (χ2v) is 8.47. The van der Waals surface area contributed by atoms with Crippen LogP contribution in [-0.2, 0) is 24.1 Å². The highest BCUT2D eigenvalue weighted by Gasteiger charge is 2.23. The number of rotatable bonds is 6. The molecule has 4 heterocycles. The van der Waals surface area contributed by atoms with Crippen LogP contribution in [0.1, 0.15) is 18.7 Å². The number of nitrogens with one attached hydrogen (secondary N) is 1. The molecule has 0 spiro atoms. The third-order valence-electron chi connectivity index (χ3n) is 5.32. The molecule has 29 heavy (non-hydrogen) atoms. The molecule has 5 rings (SSSR count). The van der Waals surface area contributed by atoms with Crippen molar-refractivity contribution in [1.29, 1.82) is 0 Å². The lowest BCUT2D eigenvalue weighted by Gasteiger charge is -2.14. The first-order valence-electron chi connectivity index (χ1n) is 9.61. The topological polar surface area (TPSA) is 73.5 Å². The minimum atomic E-state index is 0.192. The monoisotopic (exact) mass is 428 g/mol. The molecule has 0 saturated carbocycles. The summed E-state index contributed by atoms with van der Waals surface area (Å²) in [5, 5.41) is 11.7. The molecule has 1 N–H and O–H groups in total. The number of thioether (sulfide) groups is 1. The maximum atomic E-state index is 6.12. The number of para-hydroxylation sites is 1. The van der Waals surface area contributed by atoms with E-state index in [0.717, 1.165) is 59.3 Å². The van der Waals surface area contributed by atoms with E-state index in [1.807, 2.05) is 29.9 Å². The summed E-state index contributed by atoms with van der Waals surface area (Å²) < 4.78 is 9.97. The molecule has 0 aliphatic carbocycles. The Morgan fingerprint density at radius 1 is 1.31 bits per heavy atom. The van der Waals surface area contributed by atoms with Crippen LogP contribution in [0.2, 0.25) is 5.15 Å². The summed E-state index contributed by atoms with van der Waals surface area (Å²) in [6, 6.07) is 8.25. The van der Waals surface area contributed by atoms with Gasteiger partial charge in [0.2, 0.25) is 0 Å². The normalized spacial score (nSPS) is 16.8. The van der Waals surface area contributed by atoms with Gasteiger partial charge in [0, 0.05) is 36.3 Å². The van der Waals surface area contributed by atoms with E-state index in [1.165, 1.54) is 0 Å². The van der Waals surface area contributed by atoms with Gasteiger partial charge in [-0.3, -0.25) is 4.57 Å². The molecule has 0 bridgehead atoms. The fourth-order valence-electron chi connectivity index (χ4n) is 3.70. The van der Waals surface area contributed by atoms with Crippen molar-refractivity contribution in [2.45, 2.75) is 36.4 Å². The minimum absolute atomic E-state index is 0.192. The van der Waals surface area contributed by atoms with Gasteiger partial charge in [0.05, 0.1) is 24.6 Å². The molecule has 150 valence electrons. The summed E-state index contributed by atoms with van der Waals surface area (Å²) in [6.07, 6.45) is 6.03. The molecule has 3 aromatic heterocycles. The first-order chi connectivity index (χ1) is 14.2. The Bertz CT molecular complexity index is 1140. The van der Waals surface area contributed by atoms with Gasteiger partial charge in [0.1, 0.15) is 11.0 Å². The van der Waals surface area contributed by atoms with Crippen LogP contribution in [0.4, 0.5) is 0 Å². The van der Waals surface area contributed by atoms with Crippen LogP contribution in [-0.4, -0.2) is 42.0 Å². The molecule has 4 aromatic rings. The lowest BCUT2D eigenvalue weighted by molar-refractivity contribution is 0.0953. The Kier molecular flexibility index (Phi) is 5.07. The number of nitrogens with zero attached hydrogens (tertiary/aromatic N) is 5. The van der Waals surface area contributed by atoms with Crippen molar-refractivity contribution >= 4 is 34.3 Å². The second kappa shape index (κ2) is 7.85. The number of H-pyrrole nitrogens is 1. The zero-order chi connectivity index (χ0) is 19.8. The number of hydrogen-bond acceptors (Lipinski definition) is 5. The summed E-state index contributed by atoms with van der Waals surface area (Å²) in [4.78, 5) is 7.72. The van der Waals surface area contributed by atoms with Gasteiger partial charge in [-0.1, -0.05) is 41.6 Å². The Morgan fingerprint density at radius 2 is 2.21 bits per heavy atom. The number of benzene rings is 1. The van der Waals surface area contributed by atoms with E-state index in [4.69, 9.17) is 16.3 Å². The van der Waals surface area contributed by atoms with Crippen LogP contribution in [0.5, 0.6) is 0 Å². The Morgan fingerprint density at radius 3 is 3.00 bits per heavy atom. The molecular formula is C20H21ClN6OS. The van der Waals surface area contributed by atoms with Crippen molar-refractivity contribution < 1.29 is 4.74 Å². The first kappa shape index (κ1) is 18.7. The smallest absolute Gasteiger partial charge is 0.192 e. The molecule has 1 atom stereocenters. The maximum absolute atomic E-state index is 6.12. The summed E-state index contributed by atoms with van der Waals surface area (Å²) in [5.41, 5.74) is 2.14. The number of halogens is 1. The number of hydrogen-bond donors (Lipinski definition) is 1. The Balaban J connectivity index is 1.50. The zero-order valence-electron chi connectivity index (χ0n) is 16.0. The summed E-state index contributed by atoms with van der Waals surface area (Å²) in [7, 11) is 1.92. The molecular weight excluding hydrogens is 408 g/mol. The van der Waals surface area contributed by atoms with Crippen molar-refractivity contribution in [2.24, 2.45) is 7.05 Å². The van der Waals surface area contributed by atoms with Gasteiger partial charge in [-0.25, -0.2) is 4.98 Å². The van der Waals surface area contributed by atoms with Crippen molar-refractivity contribution in [1.82, 2.24) is 29.3 Å². The molecule has 7 nitrogen and oxygen atoms in total. The van der Waals surface area contributed by atoms with E-state index in [1.54, 1.807) is 18.0 Å². The predicted octanol–water partition coefficient (Wildman–Crippen LogP) is 4.28. The van der Waals surface area contributed by atoms with Crippen LogP contribution in [0, 0.1) is 0 Å². The Labute approximate surface area is 177 Å². The number of ether oxygens (including phenoxy) is 1. The first-order valence-corrected chi connectivity index (χ1v) is 11.0.